The van der Waals surface area contributed by atoms with Crippen molar-refractivity contribution in [3.05, 3.63) is 11.4 Å². The molecule has 3 N–H and O–H groups in total. The van der Waals surface area contributed by atoms with Gasteiger partial charge >= 0.3 is 6.18 Å². The molecule has 5 nitrogen and oxygen atoms in total. The molecule has 0 bridgehead atoms. The monoisotopic (exact) mass is 305 g/mol. The maximum absolute atomic E-state index is 12.8. The molecule has 8 heteroatoms. The summed E-state index contributed by atoms with van der Waals surface area (Å²) in [7, 11) is 0. The van der Waals surface area contributed by atoms with Gasteiger partial charge in [0.05, 0.1) is 0 Å². The van der Waals surface area contributed by atoms with Gasteiger partial charge in [-0.3, -0.25) is 0 Å². The highest BCUT2D eigenvalue weighted by molar-refractivity contribution is 5.58. The summed E-state index contributed by atoms with van der Waals surface area (Å²) in [6, 6.07) is 0. The van der Waals surface area contributed by atoms with Crippen molar-refractivity contribution in [2.45, 2.75) is 46.2 Å². The fourth-order valence-corrected chi connectivity index (χ4v) is 1.97. The topological polar surface area (TPSA) is 67.1 Å². The zero-order valence-electron chi connectivity index (χ0n) is 12.8. The van der Waals surface area contributed by atoms with E-state index in [-0.39, 0.29) is 18.3 Å². The minimum atomic E-state index is -4.29. The van der Waals surface area contributed by atoms with Gasteiger partial charge in [-0.05, 0) is 13.3 Å². The Morgan fingerprint density at radius 2 is 1.90 bits per heavy atom. The summed E-state index contributed by atoms with van der Waals surface area (Å²) < 4.78 is 38.3. The summed E-state index contributed by atoms with van der Waals surface area (Å²) in [6.07, 6.45) is -3.71. The van der Waals surface area contributed by atoms with Gasteiger partial charge in [0, 0.05) is 18.0 Å². The van der Waals surface area contributed by atoms with Gasteiger partial charge < -0.3 is 10.3 Å². The number of alkyl halides is 3. The minimum Gasteiger partial charge on any atom is -0.347 e. The lowest BCUT2D eigenvalue weighted by Gasteiger charge is -2.27. The highest BCUT2D eigenvalue weighted by Crippen LogP contribution is 2.28. The number of rotatable bonds is 6. The van der Waals surface area contributed by atoms with Gasteiger partial charge in [0.2, 0.25) is 0 Å². The number of nitrogens with two attached hydrogens (primary N) is 1. The number of nitrogens with one attached hydrogen (secondary N) is 1. The lowest BCUT2D eigenvalue weighted by atomic mass is 10.2. The third-order valence-electron chi connectivity index (χ3n) is 2.95. The van der Waals surface area contributed by atoms with Crippen molar-refractivity contribution < 1.29 is 13.2 Å². The third-order valence-corrected chi connectivity index (χ3v) is 2.95. The van der Waals surface area contributed by atoms with E-state index in [1.807, 2.05) is 20.8 Å². The molecule has 0 aliphatic heterocycles. The molecular weight excluding hydrogens is 283 g/mol. The molecule has 0 saturated carbocycles. The first-order chi connectivity index (χ1) is 9.69. The normalized spacial score (nSPS) is 11.9. The number of hydrogen-bond acceptors (Lipinski definition) is 5. The lowest BCUT2D eigenvalue weighted by Crippen LogP contribution is -2.36. The lowest BCUT2D eigenvalue weighted by molar-refractivity contribution is -0.119. The Kier molecular flexibility index (Phi) is 5.77. The smallest absolute Gasteiger partial charge is 0.347 e. The van der Waals surface area contributed by atoms with Crippen LogP contribution in [0.25, 0.3) is 0 Å². The maximum atomic E-state index is 12.8. The van der Waals surface area contributed by atoms with E-state index in [9.17, 15) is 13.2 Å². The number of aromatic nitrogens is 2. The minimum absolute atomic E-state index is 0.00851. The quantitative estimate of drug-likeness (QED) is 0.625. The molecule has 1 aromatic rings. The van der Waals surface area contributed by atoms with Crippen LogP contribution < -0.4 is 16.2 Å². The van der Waals surface area contributed by atoms with Crippen LogP contribution in [0, 0.1) is 6.92 Å². The van der Waals surface area contributed by atoms with Gasteiger partial charge in [-0.2, -0.15) is 13.2 Å². The van der Waals surface area contributed by atoms with Gasteiger partial charge in [0.15, 0.2) is 0 Å². The molecule has 120 valence electrons. The van der Waals surface area contributed by atoms with Gasteiger partial charge in [-0.25, -0.2) is 15.8 Å². The van der Waals surface area contributed by atoms with Gasteiger partial charge in [0.25, 0.3) is 0 Å². The summed E-state index contributed by atoms with van der Waals surface area (Å²) in [5, 5.41) is 0. The fraction of sp³-hybridized carbons (Fsp3) is 0.692. The molecule has 0 saturated heterocycles. The molecular formula is C13H22F3N5. The zero-order chi connectivity index (χ0) is 16.2. The average Bonchev–Trinajstić information content (AvgIpc) is 2.36. The van der Waals surface area contributed by atoms with Gasteiger partial charge in [0.1, 0.15) is 24.0 Å². The van der Waals surface area contributed by atoms with E-state index in [4.69, 9.17) is 5.84 Å². The first-order valence-electron chi connectivity index (χ1n) is 6.86. The van der Waals surface area contributed by atoms with Crippen LogP contribution in [0.2, 0.25) is 0 Å². The highest BCUT2D eigenvalue weighted by Gasteiger charge is 2.32. The van der Waals surface area contributed by atoms with E-state index >= 15 is 0 Å². The Bertz CT molecular complexity index is 474. The number of halogens is 3. The summed E-state index contributed by atoms with van der Waals surface area (Å²) in [5.41, 5.74) is 2.95. The van der Waals surface area contributed by atoms with Crippen molar-refractivity contribution in [3.63, 3.8) is 0 Å². The first-order valence-corrected chi connectivity index (χ1v) is 6.86. The molecule has 0 fully saturated rings. The van der Waals surface area contributed by atoms with Crippen LogP contribution in [0.15, 0.2) is 0 Å². The van der Waals surface area contributed by atoms with Crippen LogP contribution in [0.3, 0.4) is 0 Å². The highest BCUT2D eigenvalue weighted by atomic mass is 19.4. The zero-order valence-corrected chi connectivity index (χ0v) is 12.8. The summed E-state index contributed by atoms with van der Waals surface area (Å²) in [5.74, 6) is 6.50. The van der Waals surface area contributed by atoms with E-state index < -0.39 is 12.7 Å². The summed E-state index contributed by atoms with van der Waals surface area (Å²) in [6.45, 7) is 6.46. The van der Waals surface area contributed by atoms with Crippen molar-refractivity contribution in [2.75, 3.05) is 23.4 Å². The van der Waals surface area contributed by atoms with Gasteiger partial charge in [-0.1, -0.05) is 20.8 Å². The largest absolute Gasteiger partial charge is 0.405 e. The molecule has 0 unspecified atom stereocenters. The van der Waals surface area contributed by atoms with E-state index in [0.717, 1.165) is 0 Å². The number of hydrogen-bond donors (Lipinski definition) is 2. The molecule has 0 atom stereocenters. The second-order valence-electron chi connectivity index (χ2n) is 5.21. The average molecular weight is 305 g/mol. The predicted molar refractivity (Wildman–Crippen MR) is 77.2 cm³/mol. The van der Waals surface area contributed by atoms with Crippen LogP contribution in [-0.4, -0.2) is 29.2 Å². The van der Waals surface area contributed by atoms with Crippen LogP contribution >= 0.6 is 0 Å². The molecule has 0 aliphatic carbocycles. The van der Waals surface area contributed by atoms with Crippen molar-refractivity contribution in [3.8, 4) is 0 Å². The number of nitrogens with zero attached hydrogens (tertiary/aromatic N) is 3. The second kappa shape index (κ2) is 6.93. The first kappa shape index (κ1) is 17.5. The molecule has 0 aromatic carbocycles. The molecule has 0 spiro atoms. The molecule has 1 aromatic heterocycles. The van der Waals surface area contributed by atoms with Crippen LogP contribution in [0.4, 0.5) is 24.8 Å². The molecule has 0 amide bonds. The Morgan fingerprint density at radius 3 is 2.33 bits per heavy atom. The molecule has 1 rings (SSSR count). The fourth-order valence-electron chi connectivity index (χ4n) is 1.97. The van der Waals surface area contributed by atoms with Crippen molar-refractivity contribution in [2.24, 2.45) is 5.84 Å². The Labute approximate surface area is 122 Å². The van der Waals surface area contributed by atoms with Crippen molar-refractivity contribution in [1.82, 2.24) is 9.97 Å². The number of hydrazine groups is 1. The Balaban J connectivity index is 3.31. The van der Waals surface area contributed by atoms with E-state index in [1.165, 1.54) is 4.90 Å². The van der Waals surface area contributed by atoms with E-state index in [1.54, 1.807) is 6.92 Å². The summed E-state index contributed by atoms with van der Waals surface area (Å²) in [4.78, 5) is 9.76. The molecule has 21 heavy (non-hydrogen) atoms. The van der Waals surface area contributed by atoms with Gasteiger partial charge in [-0.15, -0.1) is 0 Å². The summed E-state index contributed by atoms with van der Waals surface area (Å²) >= 11 is 0. The van der Waals surface area contributed by atoms with Crippen molar-refractivity contribution >= 4 is 11.6 Å². The number of anilines is 2. The number of nitrogen functional groups attached to an aromatic ring is 1. The second-order valence-corrected chi connectivity index (χ2v) is 5.21. The Hall–Kier alpha value is -1.57. The van der Waals surface area contributed by atoms with E-state index in [0.29, 0.717) is 23.6 Å². The SMILES string of the molecule is CCCN(CC(F)(F)F)c1nc(C(C)C)nc(NN)c1C. The maximum Gasteiger partial charge on any atom is 0.405 e. The van der Waals surface area contributed by atoms with Crippen molar-refractivity contribution in [1.29, 1.82) is 0 Å². The molecule has 0 aliphatic rings. The predicted octanol–water partition coefficient (Wildman–Crippen LogP) is 2.97. The molecule has 0 radical (unpaired) electrons. The van der Waals surface area contributed by atoms with Crippen LogP contribution in [0.5, 0.6) is 0 Å². The Morgan fingerprint density at radius 1 is 1.29 bits per heavy atom. The van der Waals surface area contributed by atoms with Crippen LogP contribution in [0.1, 0.15) is 44.5 Å². The molecule has 1 heterocycles. The third kappa shape index (κ3) is 4.73. The standard InChI is InChI=1S/C13H22F3N5/c1-5-6-21(7-13(14,15)16)12-9(4)11(20-17)18-10(19-12)8(2)3/h8H,5-7,17H2,1-4H3,(H,18,19,20). The van der Waals surface area contributed by atoms with E-state index in [2.05, 4.69) is 15.4 Å². The van der Waals surface area contributed by atoms with Crippen LogP contribution in [-0.2, 0) is 0 Å².